The first-order valence-electron chi connectivity index (χ1n) is 6.69. The van der Waals surface area contributed by atoms with Crippen molar-refractivity contribution in [1.29, 1.82) is 0 Å². The van der Waals surface area contributed by atoms with Crippen LogP contribution in [0.2, 0.25) is 0 Å². The third kappa shape index (κ3) is 3.51. The van der Waals surface area contributed by atoms with Crippen molar-refractivity contribution in [3.8, 4) is 0 Å². The number of nitrogens with one attached hydrogen (secondary N) is 2. The number of rotatable bonds is 3. The Hall–Kier alpha value is -2.22. The van der Waals surface area contributed by atoms with Gasteiger partial charge >= 0.3 is 6.09 Å². The van der Waals surface area contributed by atoms with E-state index in [0.29, 0.717) is 11.4 Å². The molecule has 1 aromatic rings. The molecule has 1 aliphatic rings. The predicted molar refractivity (Wildman–Crippen MR) is 83.0 cm³/mol. The molecule has 1 heterocycles. The Bertz CT molecular complexity index is 608. The Morgan fingerprint density at radius 1 is 1.45 bits per heavy atom. The summed E-state index contributed by atoms with van der Waals surface area (Å²) in [6, 6.07) is 5.80. The van der Waals surface area contributed by atoms with E-state index in [-0.39, 0.29) is 5.91 Å². The maximum absolute atomic E-state index is 12.2. The van der Waals surface area contributed by atoms with Crippen LogP contribution in [0.1, 0.15) is 6.92 Å². The molecular formula is C14H17N3O4S. The molecule has 0 saturated carbocycles. The van der Waals surface area contributed by atoms with E-state index < -0.39 is 24.1 Å². The molecule has 0 bridgehead atoms. The van der Waals surface area contributed by atoms with Gasteiger partial charge in [0.15, 0.2) is 0 Å². The molecule has 0 radical (unpaired) electrons. The number of likely N-dealkylation sites (N-methyl/N-ethyl adjacent to an activating group) is 1. The number of thioether (sulfide) groups is 1. The molecule has 2 rings (SSSR count). The molecule has 7 nitrogen and oxygen atoms in total. The number of nitrogens with zero attached hydrogens (tertiary/aromatic N) is 1. The second-order valence-electron chi connectivity index (χ2n) is 4.93. The summed E-state index contributed by atoms with van der Waals surface area (Å²) in [5, 5.41) is 14.3. The highest BCUT2D eigenvalue weighted by Crippen LogP contribution is 2.30. The van der Waals surface area contributed by atoms with Crippen molar-refractivity contribution in [2.45, 2.75) is 23.9 Å². The Labute approximate surface area is 132 Å². The fourth-order valence-electron chi connectivity index (χ4n) is 1.91. The van der Waals surface area contributed by atoms with Crippen molar-refractivity contribution in [2.75, 3.05) is 18.1 Å². The number of carbonyl (C=O) groups excluding carboxylic acids is 2. The van der Waals surface area contributed by atoms with Crippen LogP contribution in [-0.2, 0) is 9.59 Å². The lowest BCUT2D eigenvalue weighted by atomic mass is 10.2. The third-order valence-corrected chi connectivity index (χ3v) is 4.61. The molecule has 2 atom stereocenters. The molecule has 1 aliphatic heterocycles. The quantitative estimate of drug-likeness (QED) is 0.777. The molecule has 0 saturated heterocycles. The molecule has 0 fully saturated rings. The van der Waals surface area contributed by atoms with Crippen molar-refractivity contribution in [1.82, 2.24) is 10.2 Å². The minimum absolute atomic E-state index is 0.309. The normalized spacial score (nSPS) is 18.5. The third-order valence-electron chi connectivity index (χ3n) is 3.45. The number of amides is 3. The first kappa shape index (κ1) is 16.2. The van der Waals surface area contributed by atoms with Crippen molar-refractivity contribution >= 4 is 35.4 Å². The van der Waals surface area contributed by atoms with Crippen molar-refractivity contribution < 1.29 is 19.5 Å². The summed E-state index contributed by atoms with van der Waals surface area (Å²) in [5.41, 5.74) is 0.713. The lowest BCUT2D eigenvalue weighted by Gasteiger charge is -2.23. The Balaban J connectivity index is 2.04. The highest BCUT2D eigenvalue weighted by atomic mass is 32.2. The molecule has 2 unspecified atom stereocenters. The fraction of sp³-hybridized carbons (Fsp3) is 0.357. The van der Waals surface area contributed by atoms with Gasteiger partial charge in [0.2, 0.25) is 11.8 Å². The van der Waals surface area contributed by atoms with Crippen LogP contribution in [0, 0.1) is 0 Å². The molecule has 3 amide bonds. The maximum atomic E-state index is 12.2. The number of hydrogen-bond donors (Lipinski definition) is 3. The van der Waals surface area contributed by atoms with Crippen LogP contribution in [0.25, 0.3) is 0 Å². The lowest BCUT2D eigenvalue weighted by molar-refractivity contribution is -0.128. The summed E-state index contributed by atoms with van der Waals surface area (Å²) in [6.07, 6.45) is -1.20. The molecular weight excluding hydrogens is 306 g/mol. The average Bonchev–Trinajstić information content (AvgIpc) is 2.65. The Morgan fingerprint density at radius 2 is 2.14 bits per heavy atom. The van der Waals surface area contributed by atoms with E-state index in [0.717, 1.165) is 9.80 Å². The summed E-state index contributed by atoms with van der Waals surface area (Å²) in [5.74, 6) is -0.425. The summed E-state index contributed by atoms with van der Waals surface area (Å²) < 4.78 is 0. The van der Waals surface area contributed by atoms with E-state index in [1.165, 1.54) is 25.7 Å². The molecule has 118 valence electrons. The molecule has 8 heteroatoms. The second kappa shape index (κ2) is 6.69. The van der Waals surface area contributed by atoms with Gasteiger partial charge in [-0.25, -0.2) is 4.79 Å². The molecule has 1 aromatic carbocycles. The van der Waals surface area contributed by atoms with Gasteiger partial charge in [-0.2, -0.15) is 0 Å². The predicted octanol–water partition coefficient (Wildman–Crippen LogP) is 1.21. The topological polar surface area (TPSA) is 98.7 Å². The number of hydrogen-bond acceptors (Lipinski definition) is 4. The average molecular weight is 323 g/mol. The van der Waals surface area contributed by atoms with E-state index in [1.807, 2.05) is 18.2 Å². The standard InChI is InChI=1S/C14H17N3O4S/c1-8(17(2)14(20)21)12(18)16-10-7-22-11-6-4-3-5-9(11)15-13(10)19/h3-6,8,10H,7H2,1-2H3,(H,15,19)(H,16,18)(H,20,21). The smallest absolute Gasteiger partial charge is 0.407 e. The number of carbonyl (C=O) groups is 3. The van der Waals surface area contributed by atoms with Crippen LogP contribution in [0.15, 0.2) is 29.2 Å². The number of fused-ring (bicyclic) bond motifs is 1. The van der Waals surface area contributed by atoms with Gasteiger partial charge in [-0.1, -0.05) is 12.1 Å². The monoisotopic (exact) mass is 323 g/mol. The zero-order valence-electron chi connectivity index (χ0n) is 12.2. The fourth-order valence-corrected chi connectivity index (χ4v) is 2.94. The zero-order chi connectivity index (χ0) is 16.3. The Morgan fingerprint density at radius 3 is 2.82 bits per heavy atom. The van der Waals surface area contributed by atoms with Gasteiger partial charge in [0, 0.05) is 17.7 Å². The van der Waals surface area contributed by atoms with Crippen LogP contribution >= 0.6 is 11.8 Å². The minimum atomic E-state index is -1.20. The zero-order valence-corrected chi connectivity index (χ0v) is 13.0. The van der Waals surface area contributed by atoms with E-state index in [9.17, 15) is 14.4 Å². The molecule has 3 N–H and O–H groups in total. The highest BCUT2D eigenvalue weighted by molar-refractivity contribution is 7.99. The van der Waals surface area contributed by atoms with E-state index in [1.54, 1.807) is 6.07 Å². The second-order valence-corrected chi connectivity index (χ2v) is 5.99. The van der Waals surface area contributed by atoms with Gasteiger partial charge in [-0.15, -0.1) is 11.8 Å². The number of para-hydroxylation sites is 1. The van der Waals surface area contributed by atoms with E-state index in [4.69, 9.17) is 5.11 Å². The summed E-state index contributed by atoms with van der Waals surface area (Å²) >= 11 is 1.46. The minimum Gasteiger partial charge on any atom is -0.465 e. The van der Waals surface area contributed by atoms with Crippen LogP contribution < -0.4 is 10.6 Å². The number of carboxylic acid groups (broad SMARTS) is 1. The largest absolute Gasteiger partial charge is 0.465 e. The Kier molecular flexibility index (Phi) is 4.92. The lowest BCUT2D eigenvalue weighted by Crippen LogP contribution is -2.52. The molecule has 0 spiro atoms. The van der Waals surface area contributed by atoms with Crippen molar-refractivity contribution in [3.05, 3.63) is 24.3 Å². The van der Waals surface area contributed by atoms with E-state index >= 15 is 0 Å². The van der Waals surface area contributed by atoms with Crippen molar-refractivity contribution in [3.63, 3.8) is 0 Å². The van der Waals surface area contributed by atoms with Crippen molar-refractivity contribution in [2.24, 2.45) is 0 Å². The maximum Gasteiger partial charge on any atom is 0.407 e. The number of benzene rings is 1. The number of anilines is 1. The van der Waals surface area contributed by atoms with Gasteiger partial charge in [-0.3, -0.25) is 14.5 Å². The van der Waals surface area contributed by atoms with Gasteiger partial charge in [0.1, 0.15) is 12.1 Å². The summed E-state index contributed by atoms with van der Waals surface area (Å²) in [4.78, 5) is 36.9. The van der Waals surface area contributed by atoms with Gasteiger partial charge < -0.3 is 15.7 Å². The highest BCUT2D eigenvalue weighted by Gasteiger charge is 2.29. The molecule has 0 aliphatic carbocycles. The SMILES string of the molecule is CC(C(=O)NC1CSc2ccccc2NC1=O)N(C)C(=O)O. The van der Waals surface area contributed by atoms with E-state index in [2.05, 4.69) is 10.6 Å². The van der Waals surface area contributed by atoms with Crippen LogP contribution in [0.4, 0.5) is 10.5 Å². The first-order chi connectivity index (χ1) is 10.4. The van der Waals surface area contributed by atoms with Gasteiger partial charge in [0.25, 0.3) is 0 Å². The molecule has 0 aromatic heterocycles. The summed E-state index contributed by atoms with van der Waals surface area (Å²) in [6.45, 7) is 1.47. The van der Waals surface area contributed by atoms with Crippen LogP contribution in [0.5, 0.6) is 0 Å². The van der Waals surface area contributed by atoms with Gasteiger partial charge in [-0.05, 0) is 19.1 Å². The molecule has 22 heavy (non-hydrogen) atoms. The summed E-state index contributed by atoms with van der Waals surface area (Å²) in [7, 11) is 1.31. The van der Waals surface area contributed by atoms with Crippen LogP contribution in [0.3, 0.4) is 0 Å². The first-order valence-corrected chi connectivity index (χ1v) is 7.67. The van der Waals surface area contributed by atoms with Gasteiger partial charge in [0.05, 0.1) is 5.69 Å². The van der Waals surface area contributed by atoms with Crippen LogP contribution in [-0.4, -0.2) is 52.8 Å².